The van der Waals surface area contributed by atoms with Crippen molar-refractivity contribution in [1.82, 2.24) is 0 Å². The van der Waals surface area contributed by atoms with E-state index < -0.39 is 0 Å². The summed E-state index contributed by atoms with van der Waals surface area (Å²) in [5, 5.41) is 0. The van der Waals surface area contributed by atoms with Crippen molar-refractivity contribution in [3.8, 4) is 0 Å². The average Bonchev–Trinajstić information content (AvgIpc) is 2.46. The van der Waals surface area contributed by atoms with Gasteiger partial charge in [-0.3, -0.25) is 0 Å². The fourth-order valence-electron chi connectivity index (χ4n) is 4.69. The molecule has 0 aromatic carbocycles. The van der Waals surface area contributed by atoms with Crippen LogP contribution in [-0.4, -0.2) is 26.4 Å². The molecule has 0 saturated heterocycles. The highest BCUT2D eigenvalue weighted by Gasteiger charge is 2.31. The Kier molecular flexibility index (Phi) is 6.35. The first-order chi connectivity index (χ1) is 9.62. The third-order valence-electron chi connectivity index (χ3n) is 5.84. The van der Waals surface area contributed by atoms with Crippen molar-refractivity contribution in [2.45, 2.75) is 77.4 Å². The van der Waals surface area contributed by atoms with Crippen molar-refractivity contribution in [1.29, 1.82) is 0 Å². The summed E-state index contributed by atoms with van der Waals surface area (Å²) < 4.78 is 11.2. The molecule has 2 nitrogen and oxygen atoms in total. The molecule has 2 aliphatic rings. The van der Waals surface area contributed by atoms with Gasteiger partial charge in [0.2, 0.25) is 0 Å². The molecule has 6 atom stereocenters. The van der Waals surface area contributed by atoms with Crippen LogP contribution in [0.5, 0.6) is 0 Å². The molecule has 2 fully saturated rings. The van der Waals surface area contributed by atoms with E-state index in [0.717, 1.165) is 23.7 Å². The third-order valence-corrected chi connectivity index (χ3v) is 5.84. The van der Waals surface area contributed by atoms with Gasteiger partial charge in [-0.15, -0.1) is 0 Å². The van der Waals surface area contributed by atoms with Gasteiger partial charge in [0.25, 0.3) is 0 Å². The van der Waals surface area contributed by atoms with Crippen LogP contribution in [0.15, 0.2) is 0 Å². The van der Waals surface area contributed by atoms with E-state index in [1.807, 2.05) is 14.2 Å². The van der Waals surface area contributed by atoms with Crippen LogP contribution >= 0.6 is 0 Å². The molecule has 2 rings (SSSR count). The average molecular weight is 282 g/mol. The Bertz CT molecular complexity index is 279. The Morgan fingerprint density at radius 3 is 2.40 bits per heavy atom. The van der Waals surface area contributed by atoms with Gasteiger partial charge in [-0.25, -0.2) is 0 Å². The standard InChI is InChI=1S/C18H34O2/c1-13-8-15(11-18(9-13)20-4)10-14(2)16-6-5-7-17(12-16)19-3/h13-18H,5-12H2,1-4H3/t13-,14?,15?,16-,17-,18-/m1/s1. The third kappa shape index (κ3) is 4.46. The number of hydrogen-bond donors (Lipinski definition) is 0. The minimum Gasteiger partial charge on any atom is -0.381 e. The summed E-state index contributed by atoms with van der Waals surface area (Å²) in [7, 11) is 3.76. The molecule has 0 aromatic heterocycles. The highest BCUT2D eigenvalue weighted by molar-refractivity contribution is 4.82. The van der Waals surface area contributed by atoms with Gasteiger partial charge in [0.15, 0.2) is 0 Å². The van der Waals surface area contributed by atoms with Gasteiger partial charge >= 0.3 is 0 Å². The fraction of sp³-hybridized carbons (Fsp3) is 1.00. The molecule has 0 N–H and O–H groups in total. The molecule has 0 spiro atoms. The predicted molar refractivity (Wildman–Crippen MR) is 83.8 cm³/mol. The Labute approximate surface area is 125 Å². The summed E-state index contributed by atoms with van der Waals surface area (Å²) in [6, 6.07) is 0. The van der Waals surface area contributed by atoms with Gasteiger partial charge in [0, 0.05) is 14.2 Å². The molecule has 0 amide bonds. The van der Waals surface area contributed by atoms with E-state index in [4.69, 9.17) is 9.47 Å². The second-order valence-corrected chi connectivity index (χ2v) is 7.53. The van der Waals surface area contributed by atoms with E-state index in [1.165, 1.54) is 51.4 Å². The van der Waals surface area contributed by atoms with E-state index >= 15 is 0 Å². The van der Waals surface area contributed by atoms with E-state index in [1.54, 1.807) is 0 Å². The van der Waals surface area contributed by atoms with Crippen LogP contribution in [-0.2, 0) is 9.47 Å². The SMILES string of the molecule is CO[C@@H]1CCC[C@@H](C(C)CC2C[C@@H](C)C[C@@H](OC)C2)C1. The lowest BCUT2D eigenvalue weighted by atomic mass is 9.71. The largest absolute Gasteiger partial charge is 0.381 e. The molecular formula is C18H34O2. The zero-order chi connectivity index (χ0) is 14.5. The van der Waals surface area contributed by atoms with Crippen LogP contribution in [0.4, 0.5) is 0 Å². The quantitative estimate of drug-likeness (QED) is 0.729. The van der Waals surface area contributed by atoms with Gasteiger partial charge in [0.1, 0.15) is 0 Å². The molecule has 0 bridgehead atoms. The first kappa shape index (κ1) is 16.3. The lowest BCUT2D eigenvalue weighted by molar-refractivity contribution is 0.0138. The summed E-state index contributed by atoms with van der Waals surface area (Å²) >= 11 is 0. The lowest BCUT2D eigenvalue weighted by Gasteiger charge is -2.37. The van der Waals surface area contributed by atoms with Crippen LogP contribution in [0, 0.1) is 23.7 Å². The van der Waals surface area contributed by atoms with Crippen molar-refractivity contribution in [2.24, 2.45) is 23.7 Å². The molecule has 0 aromatic rings. The topological polar surface area (TPSA) is 18.5 Å². The zero-order valence-corrected chi connectivity index (χ0v) is 13.9. The Morgan fingerprint density at radius 1 is 0.950 bits per heavy atom. The molecular weight excluding hydrogens is 248 g/mol. The van der Waals surface area contributed by atoms with Crippen molar-refractivity contribution < 1.29 is 9.47 Å². The van der Waals surface area contributed by atoms with Gasteiger partial charge in [-0.2, -0.15) is 0 Å². The second kappa shape index (κ2) is 7.79. The van der Waals surface area contributed by atoms with Crippen molar-refractivity contribution in [3.05, 3.63) is 0 Å². The molecule has 2 saturated carbocycles. The first-order valence-electron chi connectivity index (χ1n) is 8.67. The van der Waals surface area contributed by atoms with Crippen molar-refractivity contribution in [3.63, 3.8) is 0 Å². The summed E-state index contributed by atoms with van der Waals surface area (Å²) in [6.07, 6.45) is 11.7. The number of ether oxygens (including phenoxy) is 2. The summed E-state index contributed by atoms with van der Waals surface area (Å²) in [4.78, 5) is 0. The Hall–Kier alpha value is -0.0800. The molecule has 2 unspecified atom stereocenters. The summed E-state index contributed by atoms with van der Waals surface area (Å²) in [6.45, 7) is 4.87. The van der Waals surface area contributed by atoms with Crippen LogP contribution in [0.2, 0.25) is 0 Å². The number of methoxy groups -OCH3 is 2. The maximum atomic E-state index is 5.63. The monoisotopic (exact) mass is 282 g/mol. The van der Waals surface area contributed by atoms with E-state index in [2.05, 4.69) is 13.8 Å². The van der Waals surface area contributed by atoms with E-state index in [0.29, 0.717) is 12.2 Å². The van der Waals surface area contributed by atoms with Crippen molar-refractivity contribution >= 4 is 0 Å². The van der Waals surface area contributed by atoms with Crippen LogP contribution < -0.4 is 0 Å². The maximum absolute atomic E-state index is 5.63. The molecule has 2 heteroatoms. The van der Waals surface area contributed by atoms with Crippen molar-refractivity contribution in [2.75, 3.05) is 14.2 Å². The lowest BCUT2D eigenvalue weighted by Crippen LogP contribution is -2.30. The summed E-state index contributed by atoms with van der Waals surface area (Å²) in [5.41, 5.74) is 0. The first-order valence-corrected chi connectivity index (χ1v) is 8.67. The normalized spacial score (nSPS) is 40.5. The number of rotatable bonds is 5. The number of hydrogen-bond acceptors (Lipinski definition) is 2. The Balaban J connectivity index is 1.82. The van der Waals surface area contributed by atoms with Gasteiger partial charge in [-0.1, -0.05) is 26.7 Å². The van der Waals surface area contributed by atoms with E-state index in [9.17, 15) is 0 Å². The Morgan fingerprint density at radius 2 is 1.70 bits per heavy atom. The highest BCUT2D eigenvalue weighted by Crippen LogP contribution is 2.39. The second-order valence-electron chi connectivity index (χ2n) is 7.53. The van der Waals surface area contributed by atoms with Crippen LogP contribution in [0.25, 0.3) is 0 Å². The summed E-state index contributed by atoms with van der Waals surface area (Å²) in [5.74, 6) is 3.44. The molecule has 20 heavy (non-hydrogen) atoms. The van der Waals surface area contributed by atoms with E-state index in [-0.39, 0.29) is 0 Å². The minimum atomic E-state index is 0.508. The minimum absolute atomic E-state index is 0.508. The molecule has 0 heterocycles. The molecule has 118 valence electrons. The molecule has 2 aliphatic carbocycles. The van der Waals surface area contributed by atoms with Gasteiger partial charge < -0.3 is 9.47 Å². The van der Waals surface area contributed by atoms with Crippen LogP contribution in [0.3, 0.4) is 0 Å². The van der Waals surface area contributed by atoms with Gasteiger partial charge in [-0.05, 0) is 62.2 Å². The smallest absolute Gasteiger partial charge is 0.0576 e. The predicted octanol–water partition coefficient (Wildman–Crippen LogP) is 4.67. The molecule has 0 aliphatic heterocycles. The fourth-order valence-corrected chi connectivity index (χ4v) is 4.69. The van der Waals surface area contributed by atoms with Crippen LogP contribution in [0.1, 0.15) is 65.2 Å². The molecule has 0 radical (unpaired) electrons. The maximum Gasteiger partial charge on any atom is 0.0576 e. The zero-order valence-electron chi connectivity index (χ0n) is 13.9. The highest BCUT2D eigenvalue weighted by atomic mass is 16.5. The van der Waals surface area contributed by atoms with Gasteiger partial charge in [0.05, 0.1) is 12.2 Å².